The highest BCUT2D eigenvalue weighted by atomic mass is 16.3. The fourth-order valence-corrected chi connectivity index (χ4v) is 2.23. The van der Waals surface area contributed by atoms with Crippen LogP contribution in [0.3, 0.4) is 0 Å². The van der Waals surface area contributed by atoms with Crippen molar-refractivity contribution in [2.75, 3.05) is 12.3 Å². The monoisotopic (exact) mass is 241 g/mol. The molecule has 7 nitrogen and oxygen atoms in total. The van der Waals surface area contributed by atoms with Gasteiger partial charge in [0.25, 0.3) is 0 Å². The minimum absolute atomic E-state index is 0.109. The molecule has 5 N–H and O–H groups in total. The van der Waals surface area contributed by atoms with Crippen LogP contribution in [0.5, 0.6) is 0 Å². The van der Waals surface area contributed by atoms with E-state index in [-0.39, 0.29) is 12.4 Å². The van der Waals surface area contributed by atoms with E-state index in [0.29, 0.717) is 6.42 Å². The Morgan fingerprint density at radius 3 is 2.71 bits per heavy atom. The summed E-state index contributed by atoms with van der Waals surface area (Å²) in [5.41, 5.74) is 4.80. The Morgan fingerprint density at radius 2 is 2.18 bits per heavy atom. The predicted octanol–water partition coefficient (Wildman–Crippen LogP) is -1.90. The maximum Gasteiger partial charge on any atom is 0.349 e. The number of hydrogen-bond acceptors (Lipinski definition) is 6. The molecule has 7 heteroatoms. The smallest absolute Gasteiger partial charge is 0.349 e. The van der Waals surface area contributed by atoms with Crippen LogP contribution in [-0.2, 0) is 0 Å². The number of hydrogen-bond donors (Lipinski definition) is 4. The molecule has 1 heterocycles. The summed E-state index contributed by atoms with van der Waals surface area (Å²) < 4.78 is 1.24. The van der Waals surface area contributed by atoms with Gasteiger partial charge in [0.1, 0.15) is 11.9 Å². The molecule has 17 heavy (non-hydrogen) atoms. The topological polar surface area (TPSA) is 122 Å². The van der Waals surface area contributed by atoms with Crippen molar-refractivity contribution in [1.29, 1.82) is 0 Å². The highest BCUT2D eigenvalue weighted by Gasteiger charge is 2.42. The van der Waals surface area contributed by atoms with Crippen molar-refractivity contribution in [3.8, 4) is 0 Å². The SMILES string of the molecule is Nc1ccn([C@@H]2C[C@H](CO)[C@H](O)C2O)c(=O)n1. The van der Waals surface area contributed by atoms with Gasteiger partial charge in [-0.25, -0.2) is 4.79 Å². The molecule has 1 aromatic heterocycles. The molecule has 0 bridgehead atoms. The highest BCUT2D eigenvalue weighted by molar-refractivity contribution is 5.23. The Morgan fingerprint density at radius 1 is 1.47 bits per heavy atom. The van der Waals surface area contributed by atoms with Crippen LogP contribution in [0.2, 0.25) is 0 Å². The molecule has 4 atom stereocenters. The van der Waals surface area contributed by atoms with Gasteiger partial charge in [-0.15, -0.1) is 0 Å². The van der Waals surface area contributed by atoms with E-state index in [9.17, 15) is 15.0 Å². The summed E-state index contributed by atoms with van der Waals surface area (Å²) in [6.07, 6.45) is -0.361. The molecule has 1 aliphatic rings. The second-order valence-corrected chi connectivity index (χ2v) is 4.27. The Kier molecular flexibility index (Phi) is 3.14. The van der Waals surface area contributed by atoms with Crippen LogP contribution < -0.4 is 11.4 Å². The van der Waals surface area contributed by atoms with E-state index in [1.54, 1.807) is 0 Å². The quantitative estimate of drug-likeness (QED) is 0.480. The molecule has 1 aromatic rings. The van der Waals surface area contributed by atoms with Crippen molar-refractivity contribution in [3.05, 3.63) is 22.7 Å². The second-order valence-electron chi connectivity index (χ2n) is 4.27. The van der Waals surface area contributed by atoms with Crippen LogP contribution in [0.1, 0.15) is 12.5 Å². The third-order valence-corrected chi connectivity index (χ3v) is 3.21. The molecule has 2 rings (SSSR count). The summed E-state index contributed by atoms with van der Waals surface area (Å²) in [5.74, 6) is -0.322. The van der Waals surface area contributed by atoms with Crippen LogP contribution >= 0.6 is 0 Å². The number of aliphatic hydroxyl groups is 3. The average molecular weight is 241 g/mol. The van der Waals surface area contributed by atoms with Gasteiger partial charge in [0.15, 0.2) is 0 Å². The standard InChI is InChI=1S/C10H15N3O4/c11-7-1-2-13(10(17)12-7)6-3-5(4-14)8(15)9(6)16/h1-2,5-6,8-9,14-16H,3-4H2,(H2,11,12,17)/t5-,6-,8+,9?/m1/s1. The number of anilines is 1. The van der Waals surface area contributed by atoms with Crippen LogP contribution in [0.15, 0.2) is 17.1 Å². The third kappa shape index (κ3) is 2.04. The molecule has 1 aliphatic carbocycles. The first-order chi connectivity index (χ1) is 8.04. The van der Waals surface area contributed by atoms with Crippen molar-refractivity contribution in [3.63, 3.8) is 0 Å². The number of rotatable bonds is 2. The zero-order valence-electron chi connectivity index (χ0n) is 9.10. The van der Waals surface area contributed by atoms with Gasteiger partial charge < -0.3 is 21.1 Å². The summed E-state index contributed by atoms with van der Waals surface area (Å²) in [7, 11) is 0. The van der Waals surface area contributed by atoms with E-state index in [1.165, 1.54) is 16.8 Å². The van der Waals surface area contributed by atoms with E-state index in [2.05, 4.69) is 4.98 Å². The molecule has 1 saturated carbocycles. The molecule has 0 saturated heterocycles. The van der Waals surface area contributed by atoms with Gasteiger partial charge in [-0.3, -0.25) is 4.57 Å². The lowest BCUT2D eigenvalue weighted by Gasteiger charge is -2.18. The molecule has 0 aromatic carbocycles. The molecule has 0 amide bonds. The first-order valence-electron chi connectivity index (χ1n) is 5.36. The summed E-state index contributed by atoms with van der Waals surface area (Å²) in [6.45, 7) is -0.230. The molecule has 1 fully saturated rings. The number of nitrogens with two attached hydrogens (primary N) is 1. The van der Waals surface area contributed by atoms with Crippen LogP contribution in [0.25, 0.3) is 0 Å². The second kappa shape index (κ2) is 4.44. The van der Waals surface area contributed by atoms with Crippen molar-refractivity contribution < 1.29 is 15.3 Å². The van der Waals surface area contributed by atoms with Gasteiger partial charge in [0.2, 0.25) is 0 Å². The van der Waals surface area contributed by atoms with Gasteiger partial charge in [-0.1, -0.05) is 0 Å². The van der Waals surface area contributed by atoms with E-state index in [1.807, 2.05) is 0 Å². The lowest BCUT2D eigenvalue weighted by molar-refractivity contribution is -0.00453. The minimum atomic E-state index is -1.09. The fraction of sp³-hybridized carbons (Fsp3) is 0.600. The average Bonchev–Trinajstić information content (AvgIpc) is 2.57. The molecule has 0 radical (unpaired) electrons. The summed E-state index contributed by atoms with van der Waals surface area (Å²) in [6, 6.07) is 0.870. The first-order valence-corrected chi connectivity index (χ1v) is 5.36. The van der Waals surface area contributed by atoms with Gasteiger partial charge in [-0.05, 0) is 12.5 Å². The largest absolute Gasteiger partial charge is 0.396 e. The van der Waals surface area contributed by atoms with Crippen LogP contribution in [-0.4, -0.2) is 43.7 Å². The fourth-order valence-electron chi connectivity index (χ4n) is 2.23. The van der Waals surface area contributed by atoms with Crippen LogP contribution in [0.4, 0.5) is 5.82 Å². The minimum Gasteiger partial charge on any atom is -0.396 e. The Bertz CT molecular complexity index is 461. The number of nitrogens with zero attached hydrogens (tertiary/aromatic N) is 2. The summed E-state index contributed by atoms with van der Waals surface area (Å²) in [5, 5.41) is 28.5. The van der Waals surface area contributed by atoms with Crippen molar-refractivity contribution in [2.45, 2.75) is 24.7 Å². The first kappa shape index (κ1) is 12.0. The molecular formula is C10H15N3O4. The molecular weight excluding hydrogens is 226 g/mol. The summed E-state index contributed by atoms with van der Waals surface area (Å²) >= 11 is 0. The Hall–Kier alpha value is -1.44. The number of aliphatic hydroxyl groups excluding tert-OH is 3. The normalized spacial score (nSPS) is 32.9. The van der Waals surface area contributed by atoms with Crippen LogP contribution in [0, 0.1) is 5.92 Å². The zero-order valence-corrected chi connectivity index (χ0v) is 9.10. The predicted molar refractivity (Wildman–Crippen MR) is 59.2 cm³/mol. The van der Waals surface area contributed by atoms with Gasteiger partial charge in [0.05, 0.1) is 12.1 Å². The number of nitrogen functional groups attached to an aromatic ring is 1. The van der Waals surface area contributed by atoms with E-state index in [4.69, 9.17) is 10.8 Å². The van der Waals surface area contributed by atoms with Gasteiger partial charge >= 0.3 is 5.69 Å². The number of aromatic nitrogens is 2. The highest BCUT2D eigenvalue weighted by Crippen LogP contribution is 2.34. The maximum absolute atomic E-state index is 11.6. The van der Waals surface area contributed by atoms with Crippen molar-refractivity contribution in [2.24, 2.45) is 5.92 Å². The molecule has 94 valence electrons. The third-order valence-electron chi connectivity index (χ3n) is 3.21. The Labute approximate surface area is 97.1 Å². The lowest BCUT2D eigenvalue weighted by Crippen LogP contribution is -2.35. The van der Waals surface area contributed by atoms with Gasteiger partial charge in [-0.2, -0.15) is 4.98 Å². The van der Waals surface area contributed by atoms with E-state index >= 15 is 0 Å². The van der Waals surface area contributed by atoms with Crippen molar-refractivity contribution in [1.82, 2.24) is 9.55 Å². The molecule has 0 aliphatic heterocycles. The van der Waals surface area contributed by atoms with Crippen molar-refractivity contribution >= 4 is 5.82 Å². The molecule has 0 spiro atoms. The van der Waals surface area contributed by atoms with Gasteiger partial charge in [0, 0.05) is 18.7 Å². The molecule has 1 unspecified atom stereocenters. The lowest BCUT2D eigenvalue weighted by atomic mass is 10.1. The summed E-state index contributed by atoms with van der Waals surface area (Å²) in [4.78, 5) is 15.1. The Balaban J connectivity index is 2.32. The van der Waals surface area contributed by atoms with E-state index in [0.717, 1.165) is 0 Å². The zero-order chi connectivity index (χ0) is 12.6. The van der Waals surface area contributed by atoms with E-state index < -0.39 is 29.9 Å². The maximum atomic E-state index is 11.6.